The smallest absolute Gasteiger partial charge is 0.155 e. The number of methoxy groups -OCH3 is 2. The van der Waals surface area contributed by atoms with Crippen LogP contribution in [0.1, 0.15) is 13.3 Å². The van der Waals surface area contributed by atoms with Gasteiger partial charge in [-0.05, 0) is 6.42 Å². The van der Waals surface area contributed by atoms with Crippen molar-refractivity contribution in [3.8, 4) is 0 Å². The highest BCUT2D eigenvalue weighted by molar-refractivity contribution is 6.13. The minimum absolute atomic E-state index is 0.00540. The van der Waals surface area contributed by atoms with Crippen molar-refractivity contribution in [2.45, 2.75) is 24.8 Å². The zero-order chi connectivity index (χ0) is 8.20. The molecule has 0 heterocycles. The first-order chi connectivity index (χ1) is 4.60. The summed E-state index contributed by atoms with van der Waals surface area (Å²) >= 11 is 0. The Morgan fingerprint density at radius 1 is 1.50 bits per heavy atom. The van der Waals surface area contributed by atoms with Crippen LogP contribution in [0.25, 0.3) is 0 Å². The van der Waals surface area contributed by atoms with Gasteiger partial charge in [0.1, 0.15) is 0 Å². The maximum absolute atomic E-state index is 5.76. The summed E-state index contributed by atoms with van der Waals surface area (Å²) in [6.07, 6.45) is 0.880. The van der Waals surface area contributed by atoms with E-state index in [1.54, 1.807) is 14.2 Å². The second kappa shape index (κ2) is 4.08. The van der Waals surface area contributed by atoms with Gasteiger partial charge >= 0.3 is 0 Å². The van der Waals surface area contributed by atoms with Gasteiger partial charge in [0, 0.05) is 14.2 Å². The highest BCUT2D eigenvalue weighted by Gasteiger charge is 2.29. The van der Waals surface area contributed by atoms with Crippen molar-refractivity contribution in [1.29, 1.82) is 0 Å². The number of ether oxygens (including phenoxy) is 2. The minimum atomic E-state index is -0.491. The van der Waals surface area contributed by atoms with Gasteiger partial charge in [0.15, 0.2) is 5.41 Å². The molecule has 62 valence electrons. The maximum Gasteiger partial charge on any atom is 0.155 e. The van der Waals surface area contributed by atoms with E-state index in [1.165, 1.54) is 0 Å². The number of hydrogen-bond donors (Lipinski definition) is 1. The monoisotopic (exact) mass is 163 g/mol. The van der Waals surface area contributed by atoms with Crippen LogP contribution in [-0.2, 0) is 9.47 Å². The van der Waals surface area contributed by atoms with Crippen LogP contribution in [0.3, 0.4) is 0 Å². The van der Waals surface area contributed by atoms with Gasteiger partial charge in [-0.25, -0.2) is 0 Å². The molecule has 0 bridgehead atoms. The molecular weight excluding hydrogens is 146 g/mol. The largest absolute Gasteiger partial charge is 0.356 e. The van der Waals surface area contributed by atoms with Crippen molar-refractivity contribution >= 4 is 10.2 Å². The van der Waals surface area contributed by atoms with Gasteiger partial charge in [0.25, 0.3) is 0 Å². The lowest BCUT2D eigenvalue weighted by molar-refractivity contribution is -0.156. The van der Waals surface area contributed by atoms with E-state index in [4.69, 9.17) is 15.2 Å². The molecule has 2 N–H and O–H groups in total. The van der Waals surface area contributed by atoms with Gasteiger partial charge in [-0.1, -0.05) is 6.92 Å². The van der Waals surface area contributed by atoms with Crippen molar-refractivity contribution in [3.63, 3.8) is 0 Å². The van der Waals surface area contributed by atoms with E-state index in [0.717, 1.165) is 16.7 Å². The third kappa shape index (κ3) is 2.05. The summed E-state index contributed by atoms with van der Waals surface area (Å²) in [6.45, 7) is 2.02. The topological polar surface area (TPSA) is 44.5 Å². The fraction of sp³-hybridized carbons (Fsp3) is 1.00. The molecular formula is C6H17NO2Si. The Morgan fingerprint density at radius 2 is 1.90 bits per heavy atom. The Bertz CT molecular complexity index is 95.7. The Labute approximate surface area is 65.3 Å². The summed E-state index contributed by atoms with van der Waals surface area (Å²) in [6, 6.07) is -0.00540. The summed E-state index contributed by atoms with van der Waals surface area (Å²) in [4.78, 5) is 0. The molecule has 0 rings (SSSR count). The Morgan fingerprint density at radius 3 is 2.00 bits per heavy atom. The van der Waals surface area contributed by atoms with Gasteiger partial charge in [0.2, 0.25) is 0 Å². The van der Waals surface area contributed by atoms with Gasteiger partial charge in [-0.15, -0.1) is 0 Å². The van der Waals surface area contributed by atoms with Crippen LogP contribution in [0.15, 0.2) is 0 Å². The highest BCUT2D eigenvalue weighted by atomic mass is 28.1. The zero-order valence-corrected chi connectivity index (χ0v) is 9.18. The van der Waals surface area contributed by atoms with E-state index < -0.39 is 5.41 Å². The summed E-state index contributed by atoms with van der Waals surface area (Å²) in [5, 5.41) is 0. The first-order valence-electron chi connectivity index (χ1n) is 3.46. The third-order valence-corrected chi connectivity index (χ3v) is 3.48. The first-order valence-corrected chi connectivity index (χ1v) is 4.46. The molecule has 0 fully saturated rings. The second-order valence-electron chi connectivity index (χ2n) is 2.44. The Hall–Kier alpha value is 0.0969. The fourth-order valence-corrected chi connectivity index (χ4v) is 1.17. The van der Waals surface area contributed by atoms with Crippen LogP contribution in [-0.4, -0.2) is 35.9 Å². The van der Waals surface area contributed by atoms with Crippen molar-refractivity contribution < 1.29 is 9.47 Å². The fourth-order valence-electron chi connectivity index (χ4n) is 0.757. The summed E-state index contributed by atoms with van der Waals surface area (Å²) in [7, 11) is 4.06. The van der Waals surface area contributed by atoms with Gasteiger partial charge in [-0.2, -0.15) is 0 Å². The van der Waals surface area contributed by atoms with Crippen LogP contribution in [0.4, 0.5) is 0 Å². The second-order valence-corrected chi connectivity index (χ2v) is 3.83. The Kier molecular flexibility index (Phi) is 4.11. The lowest BCUT2D eigenvalue weighted by Crippen LogP contribution is -2.51. The van der Waals surface area contributed by atoms with E-state index in [-0.39, 0.29) is 6.04 Å². The number of rotatable bonds is 4. The SMILES string of the molecule is CCC(N)C([SiH3])(OC)OC. The van der Waals surface area contributed by atoms with Gasteiger partial charge < -0.3 is 15.2 Å². The molecule has 0 amide bonds. The number of hydrogen-bond acceptors (Lipinski definition) is 3. The lowest BCUT2D eigenvalue weighted by atomic mass is 10.2. The normalized spacial score (nSPS) is 15.6. The third-order valence-electron chi connectivity index (χ3n) is 1.92. The molecule has 0 aliphatic heterocycles. The predicted octanol–water partition coefficient (Wildman–Crippen LogP) is -0.964. The first kappa shape index (κ1) is 10.1. The molecule has 3 nitrogen and oxygen atoms in total. The minimum Gasteiger partial charge on any atom is -0.356 e. The van der Waals surface area contributed by atoms with Gasteiger partial charge in [-0.3, -0.25) is 0 Å². The molecule has 1 unspecified atom stereocenters. The van der Waals surface area contributed by atoms with Crippen molar-refractivity contribution in [2.24, 2.45) is 5.73 Å². The molecule has 1 atom stereocenters. The van der Waals surface area contributed by atoms with Crippen LogP contribution in [0.2, 0.25) is 0 Å². The summed E-state index contributed by atoms with van der Waals surface area (Å²) in [5.41, 5.74) is 5.27. The Balaban J connectivity index is 4.02. The van der Waals surface area contributed by atoms with E-state index >= 15 is 0 Å². The summed E-state index contributed by atoms with van der Waals surface area (Å²) in [5.74, 6) is 0. The van der Waals surface area contributed by atoms with E-state index in [9.17, 15) is 0 Å². The molecule has 0 aliphatic rings. The quantitative estimate of drug-likeness (QED) is 0.429. The predicted molar refractivity (Wildman–Crippen MR) is 45.0 cm³/mol. The molecule has 0 radical (unpaired) electrons. The number of nitrogens with two attached hydrogens (primary N) is 1. The van der Waals surface area contributed by atoms with Crippen LogP contribution in [0, 0.1) is 0 Å². The maximum atomic E-state index is 5.76. The molecule has 0 aromatic carbocycles. The molecule has 0 aliphatic carbocycles. The highest BCUT2D eigenvalue weighted by Crippen LogP contribution is 2.11. The average molecular weight is 163 g/mol. The van der Waals surface area contributed by atoms with Crippen molar-refractivity contribution in [2.75, 3.05) is 14.2 Å². The summed E-state index contributed by atoms with van der Waals surface area (Å²) < 4.78 is 10.3. The van der Waals surface area contributed by atoms with Gasteiger partial charge in [0.05, 0.1) is 16.3 Å². The zero-order valence-electron chi connectivity index (χ0n) is 7.18. The average Bonchev–Trinajstić information content (AvgIpc) is 2.01. The molecule has 0 aromatic heterocycles. The molecule has 10 heavy (non-hydrogen) atoms. The van der Waals surface area contributed by atoms with Crippen molar-refractivity contribution in [1.82, 2.24) is 0 Å². The lowest BCUT2D eigenvalue weighted by Gasteiger charge is -2.32. The van der Waals surface area contributed by atoms with Crippen LogP contribution < -0.4 is 5.73 Å². The van der Waals surface area contributed by atoms with Crippen LogP contribution >= 0.6 is 0 Å². The van der Waals surface area contributed by atoms with E-state index in [2.05, 4.69) is 0 Å². The molecule has 0 aromatic rings. The van der Waals surface area contributed by atoms with Crippen LogP contribution in [0.5, 0.6) is 0 Å². The molecule has 4 heteroatoms. The molecule has 0 spiro atoms. The molecule has 0 saturated heterocycles. The molecule has 0 saturated carbocycles. The van der Waals surface area contributed by atoms with E-state index in [1.807, 2.05) is 6.92 Å². The van der Waals surface area contributed by atoms with Crippen molar-refractivity contribution in [3.05, 3.63) is 0 Å². The van der Waals surface area contributed by atoms with E-state index in [0.29, 0.717) is 0 Å². The standard InChI is InChI=1S/C6H17NO2Si/c1-4-5(7)6(10,8-2)9-3/h5H,4,7H2,1-3,10H3.